The maximum atomic E-state index is 11.4. The minimum absolute atomic E-state index is 1.04. The molecule has 0 spiro atoms. The van der Waals surface area contributed by atoms with E-state index in [0.29, 0.717) is 0 Å². The predicted molar refractivity (Wildman–Crippen MR) is 32.3 cm³/mol. The van der Waals surface area contributed by atoms with Crippen LogP contribution in [0, 0.1) is 0 Å². The van der Waals surface area contributed by atoms with Gasteiger partial charge < -0.3 is 4.74 Å². The number of halogens is 4. The summed E-state index contributed by atoms with van der Waals surface area (Å²) in [7, 11) is 0. The van der Waals surface area contributed by atoms with Gasteiger partial charge in [0, 0.05) is 0 Å². The molecule has 11 heavy (non-hydrogen) atoms. The lowest BCUT2D eigenvalue weighted by Crippen LogP contribution is -2.23. The van der Waals surface area contributed by atoms with Gasteiger partial charge in [0.1, 0.15) is 5.38 Å². The fourth-order valence-electron chi connectivity index (χ4n) is 0.268. The zero-order valence-corrected chi connectivity index (χ0v) is 6.37. The van der Waals surface area contributed by atoms with E-state index in [1.807, 2.05) is 0 Å². The largest absolute Gasteiger partial charge is 0.455 e. The van der Waals surface area contributed by atoms with Crippen molar-refractivity contribution in [3.05, 3.63) is 0 Å². The number of hydrogen-bond acceptors (Lipinski definition) is 2. The Balaban J connectivity index is 3.64. The molecule has 0 fully saturated rings. The van der Waals surface area contributed by atoms with Crippen LogP contribution in [0.3, 0.4) is 0 Å². The van der Waals surface area contributed by atoms with Crippen LogP contribution in [0.25, 0.3) is 0 Å². The van der Waals surface area contributed by atoms with Crippen molar-refractivity contribution >= 4 is 17.6 Å². The van der Waals surface area contributed by atoms with Crippen molar-refractivity contribution in [3.8, 4) is 0 Å². The standard InChI is InChI=1S/C5H6ClF3O2/c1-3(6)4(10)11-2-5(7,8)9/h3H,2H2,1H3/t3-/m0/s1. The Morgan fingerprint density at radius 3 is 2.36 bits per heavy atom. The van der Waals surface area contributed by atoms with E-state index in [2.05, 4.69) is 4.74 Å². The highest BCUT2D eigenvalue weighted by Gasteiger charge is 2.30. The maximum Gasteiger partial charge on any atom is 0.422 e. The molecule has 6 heteroatoms. The SMILES string of the molecule is C[C@H](Cl)C(=O)OCC(F)(F)F. The summed E-state index contributed by atoms with van der Waals surface area (Å²) in [6.07, 6.45) is -4.48. The lowest BCUT2D eigenvalue weighted by Gasteiger charge is -2.07. The molecular weight excluding hydrogens is 184 g/mol. The topological polar surface area (TPSA) is 26.3 Å². The third-order valence-electron chi connectivity index (χ3n) is 0.703. The highest BCUT2D eigenvalue weighted by atomic mass is 35.5. The first-order chi connectivity index (χ1) is 4.83. The van der Waals surface area contributed by atoms with Gasteiger partial charge in [-0.15, -0.1) is 11.6 Å². The maximum absolute atomic E-state index is 11.4. The summed E-state index contributed by atoms with van der Waals surface area (Å²) in [4.78, 5) is 10.3. The summed E-state index contributed by atoms with van der Waals surface area (Å²) in [5.74, 6) is -1.07. The molecule has 1 atom stereocenters. The van der Waals surface area contributed by atoms with Gasteiger partial charge in [-0.25, -0.2) is 0 Å². The average molecular weight is 191 g/mol. The fourth-order valence-corrected chi connectivity index (χ4v) is 0.331. The van der Waals surface area contributed by atoms with E-state index in [-0.39, 0.29) is 0 Å². The molecular formula is C5H6ClF3O2. The molecule has 0 amide bonds. The van der Waals surface area contributed by atoms with Crippen molar-refractivity contribution in [2.75, 3.05) is 6.61 Å². The summed E-state index contributed by atoms with van der Waals surface area (Å²) >= 11 is 5.12. The number of carbonyl (C=O) groups is 1. The summed E-state index contributed by atoms with van der Waals surface area (Å²) in [6, 6.07) is 0. The van der Waals surface area contributed by atoms with Crippen molar-refractivity contribution in [1.29, 1.82) is 0 Å². The van der Waals surface area contributed by atoms with Crippen LogP contribution in [0.1, 0.15) is 6.92 Å². The van der Waals surface area contributed by atoms with Gasteiger partial charge in [0.25, 0.3) is 0 Å². The molecule has 0 bridgehead atoms. The third kappa shape index (κ3) is 5.97. The minimum Gasteiger partial charge on any atom is -0.455 e. The summed E-state index contributed by atoms with van der Waals surface area (Å²) in [6.45, 7) is -0.344. The highest BCUT2D eigenvalue weighted by molar-refractivity contribution is 6.29. The van der Waals surface area contributed by atoms with Crippen LogP contribution in [0.15, 0.2) is 0 Å². The number of ether oxygens (including phenoxy) is 1. The van der Waals surface area contributed by atoms with Crippen molar-refractivity contribution < 1.29 is 22.7 Å². The minimum atomic E-state index is -4.48. The van der Waals surface area contributed by atoms with E-state index in [1.165, 1.54) is 6.92 Å². The van der Waals surface area contributed by atoms with Gasteiger partial charge in [-0.1, -0.05) is 0 Å². The Hall–Kier alpha value is -0.450. The molecule has 0 aliphatic rings. The van der Waals surface area contributed by atoms with Crippen LogP contribution in [0.5, 0.6) is 0 Å². The Kier molecular flexibility index (Phi) is 3.65. The molecule has 0 aromatic carbocycles. The molecule has 0 radical (unpaired) electrons. The van der Waals surface area contributed by atoms with Crippen LogP contribution in [-0.2, 0) is 9.53 Å². The van der Waals surface area contributed by atoms with Crippen molar-refractivity contribution in [1.82, 2.24) is 0 Å². The molecule has 0 saturated heterocycles. The normalized spacial score (nSPS) is 14.3. The lowest BCUT2D eigenvalue weighted by atomic mass is 10.5. The smallest absolute Gasteiger partial charge is 0.422 e. The van der Waals surface area contributed by atoms with Crippen molar-refractivity contribution in [2.24, 2.45) is 0 Å². The molecule has 0 aromatic heterocycles. The van der Waals surface area contributed by atoms with Gasteiger partial charge in [-0.2, -0.15) is 13.2 Å². The lowest BCUT2D eigenvalue weighted by molar-refractivity contribution is -0.185. The Morgan fingerprint density at radius 1 is 1.64 bits per heavy atom. The van der Waals surface area contributed by atoms with Crippen LogP contribution in [-0.4, -0.2) is 24.1 Å². The number of esters is 1. The predicted octanol–water partition coefficient (Wildman–Crippen LogP) is 1.72. The van der Waals surface area contributed by atoms with E-state index >= 15 is 0 Å². The average Bonchev–Trinajstić information content (AvgIpc) is 1.80. The quantitative estimate of drug-likeness (QED) is 0.490. The van der Waals surface area contributed by atoms with Gasteiger partial charge in [0.05, 0.1) is 0 Å². The second-order valence-electron chi connectivity index (χ2n) is 1.84. The van der Waals surface area contributed by atoms with E-state index in [1.54, 1.807) is 0 Å². The van der Waals surface area contributed by atoms with Gasteiger partial charge in [0.15, 0.2) is 6.61 Å². The summed E-state index contributed by atoms with van der Waals surface area (Å²) in [5, 5.41) is -1.04. The highest BCUT2D eigenvalue weighted by Crippen LogP contribution is 2.15. The molecule has 0 heterocycles. The van der Waals surface area contributed by atoms with E-state index in [4.69, 9.17) is 11.6 Å². The molecule has 2 nitrogen and oxygen atoms in total. The number of carbonyl (C=O) groups excluding carboxylic acids is 1. The molecule has 0 saturated carbocycles. The molecule has 0 aliphatic heterocycles. The Bertz CT molecular complexity index is 143. The van der Waals surface area contributed by atoms with Crippen LogP contribution in [0.2, 0.25) is 0 Å². The van der Waals surface area contributed by atoms with Gasteiger partial charge >= 0.3 is 12.1 Å². The molecule has 0 unspecified atom stereocenters. The first-order valence-electron chi connectivity index (χ1n) is 2.70. The monoisotopic (exact) mass is 190 g/mol. The third-order valence-corrected chi connectivity index (χ3v) is 0.881. The fraction of sp³-hybridized carbons (Fsp3) is 0.800. The molecule has 0 aromatic rings. The molecule has 0 N–H and O–H groups in total. The second kappa shape index (κ2) is 3.80. The van der Waals surface area contributed by atoms with Gasteiger partial charge in [-0.05, 0) is 6.92 Å². The number of rotatable bonds is 2. The van der Waals surface area contributed by atoms with Crippen LogP contribution >= 0.6 is 11.6 Å². The van der Waals surface area contributed by atoms with Crippen LogP contribution in [0.4, 0.5) is 13.2 Å². The summed E-state index contributed by atoms with van der Waals surface area (Å²) < 4.78 is 37.8. The van der Waals surface area contributed by atoms with Crippen molar-refractivity contribution in [2.45, 2.75) is 18.5 Å². The molecule has 0 aliphatic carbocycles. The zero-order chi connectivity index (χ0) is 9.07. The van der Waals surface area contributed by atoms with E-state index < -0.39 is 24.1 Å². The van der Waals surface area contributed by atoms with E-state index in [0.717, 1.165) is 0 Å². The van der Waals surface area contributed by atoms with Crippen molar-refractivity contribution in [3.63, 3.8) is 0 Å². The number of alkyl halides is 4. The van der Waals surface area contributed by atoms with Crippen LogP contribution < -0.4 is 0 Å². The Morgan fingerprint density at radius 2 is 2.09 bits per heavy atom. The second-order valence-corrected chi connectivity index (χ2v) is 2.49. The number of hydrogen-bond donors (Lipinski definition) is 0. The van der Waals surface area contributed by atoms with Gasteiger partial charge in [0.2, 0.25) is 0 Å². The zero-order valence-electron chi connectivity index (χ0n) is 5.61. The summed E-state index contributed by atoms with van der Waals surface area (Å²) in [5.41, 5.74) is 0. The molecule has 0 rings (SSSR count). The first-order valence-corrected chi connectivity index (χ1v) is 3.14. The van der Waals surface area contributed by atoms with E-state index in [9.17, 15) is 18.0 Å². The van der Waals surface area contributed by atoms with Gasteiger partial charge in [-0.3, -0.25) is 4.79 Å². The Labute approximate surface area is 66.3 Å². The first kappa shape index (κ1) is 10.6. The molecule has 66 valence electrons.